The van der Waals surface area contributed by atoms with Gasteiger partial charge in [-0.15, -0.1) is 0 Å². The van der Waals surface area contributed by atoms with Gasteiger partial charge in [-0.1, -0.05) is 0 Å². The van der Waals surface area contributed by atoms with Gasteiger partial charge in [0.25, 0.3) is 0 Å². The SMILES string of the molecule is NC1CC(N2Cc3nn4cccnc4c3C2)CO[C@@H]1C1CC(F)=CC=C1F. The fourth-order valence-electron chi connectivity index (χ4n) is 4.45. The van der Waals surface area contributed by atoms with Crippen LogP contribution in [0.5, 0.6) is 0 Å². The Bertz CT molecular complexity index is 939. The zero-order valence-electron chi connectivity index (χ0n) is 14.8. The Morgan fingerprint density at radius 3 is 2.96 bits per heavy atom. The predicted octanol–water partition coefficient (Wildman–Crippen LogP) is 2.26. The molecule has 0 radical (unpaired) electrons. The zero-order valence-corrected chi connectivity index (χ0v) is 14.8. The number of nitrogens with two attached hydrogens (primary N) is 1. The minimum absolute atomic E-state index is 0.0174. The minimum Gasteiger partial charge on any atom is -0.374 e. The first-order valence-electron chi connectivity index (χ1n) is 9.24. The van der Waals surface area contributed by atoms with E-state index in [0.29, 0.717) is 13.0 Å². The van der Waals surface area contributed by atoms with Crippen molar-refractivity contribution in [2.45, 2.75) is 44.1 Å². The maximum absolute atomic E-state index is 14.1. The van der Waals surface area contributed by atoms with Crippen molar-refractivity contribution >= 4 is 5.65 Å². The smallest absolute Gasteiger partial charge is 0.159 e. The average Bonchev–Trinajstić information content (AvgIpc) is 3.22. The Kier molecular flexibility index (Phi) is 4.07. The van der Waals surface area contributed by atoms with Gasteiger partial charge in [0.15, 0.2) is 5.65 Å². The van der Waals surface area contributed by atoms with E-state index in [0.717, 1.165) is 30.0 Å². The molecule has 1 fully saturated rings. The summed E-state index contributed by atoms with van der Waals surface area (Å²) in [5, 5.41) is 4.60. The van der Waals surface area contributed by atoms with Crippen LogP contribution in [0.2, 0.25) is 0 Å². The second kappa shape index (κ2) is 6.47. The van der Waals surface area contributed by atoms with Gasteiger partial charge < -0.3 is 10.5 Å². The van der Waals surface area contributed by atoms with Gasteiger partial charge in [-0.25, -0.2) is 18.3 Å². The molecule has 142 valence electrons. The maximum Gasteiger partial charge on any atom is 0.159 e. The van der Waals surface area contributed by atoms with Crippen LogP contribution < -0.4 is 5.73 Å². The number of ether oxygens (including phenoxy) is 1. The van der Waals surface area contributed by atoms with Gasteiger partial charge in [0.1, 0.15) is 11.7 Å². The molecule has 3 aliphatic rings. The molecule has 0 spiro atoms. The molecule has 3 unspecified atom stereocenters. The Labute approximate surface area is 155 Å². The molecule has 1 saturated heterocycles. The molecule has 4 heterocycles. The molecule has 4 atom stereocenters. The lowest BCUT2D eigenvalue weighted by atomic mass is 9.85. The highest BCUT2D eigenvalue weighted by molar-refractivity contribution is 5.51. The fraction of sp³-hybridized carbons (Fsp3) is 0.474. The second-order valence-corrected chi connectivity index (χ2v) is 7.55. The molecule has 1 aliphatic carbocycles. The number of aromatic nitrogens is 3. The first kappa shape index (κ1) is 17.0. The Morgan fingerprint density at radius 1 is 1.22 bits per heavy atom. The zero-order chi connectivity index (χ0) is 18.5. The molecule has 2 aliphatic heterocycles. The summed E-state index contributed by atoms with van der Waals surface area (Å²) in [7, 11) is 0. The number of hydrogen-bond donors (Lipinski definition) is 1. The summed E-state index contributed by atoms with van der Waals surface area (Å²) in [6, 6.07) is 1.65. The number of allylic oxidation sites excluding steroid dienone is 3. The van der Waals surface area contributed by atoms with Crippen LogP contribution in [0.4, 0.5) is 8.78 Å². The lowest BCUT2D eigenvalue weighted by molar-refractivity contribution is -0.0729. The third-order valence-electron chi connectivity index (χ3n) is 5.84. The molecule has 0 saturated carbocycles. The molecular weight excluding hydrogens is 352 g/mol. The summed E-state index contributed by atoms with van der Waals surface area (Å²) in [6.07, 6.45) is 6.23. The fourth-order valence-corrected chi connectivity index (χ4v) is 4.45. The number of nitrogens with zero attached hydrogens (tertiary/aromatic N) is 4. The Balaban J connectivity index is 1.28. The van der Waals surface area contributed by atoms with Gasteiger partial charge in [-0.3, -0.25) is 4.90 Å². The molecule has 0 aromatic carbocycles. The molecule has 5 rings (SSSR count). The summed E-state index contributed by atoms with van der Waals surface area (Å²) in [5.41, 5.74) is 9.37. The highest BCUT2D eigenvalue weighted by atomic mass is 19.1. The number of fused-ring (bicyclic) bond motifs is 3. The van der Waals surface area contributed by atoms with E-state index < -0.39 is 12.0 Å². The molecule has 27 heavy (non-hydrogen) atoms. The van der Waals surface area contributed by atoms with Crippen LogP contribution >= 0.6 is 0 Å². The van der Waals surface area contributed by atoms with Crippen LogP contribution in [0.15, 0.2) is 42.3 Å². The van der Waals surface area contributed by atoms with Crippen molar-refractivity contribution in [3.63, 3.8) is 0 Å². The van der Waals surface area contributed by atoms with E-state index in [1.54, 1.807) is 10.7 Å². The van der Waals surface area contributed by atoms with Crippen molar-refractivity contribution in [2.24, 2.45) is 11.7 Å². The molecule has 0 amide bonds. The predicted molar refractivity (Wildman–Crippen MR) is 94.8 cm³/mol. The molecule has 2 N–H and O–H groups in total. The van der Waals surface area contributed by atoms with Crippen molar-refractivity contribution in [3.8, 4) is 0 Å². The highest BCUT2D eigenvalue weighted by Gasteiger charge is 2.41. The van der Waals surface area contributed by atoms with E-state index in [9.17, 15) is 8.78 Å². The van der Waals surface area contributed by atoms with E-state index in [-0.39, 0.29) is 30.2 Å². The average molecular weight is 373 g/mol. The quantitative estimate of drug-likeness (QED) is 0.875. The van der Waals surface area contributed by atoms with Crippen molar-refractivity contribution < 1.29 is 13.5 Å². The summed E-state index contributed by atoms with van der Waals surface area (Å²) >= 11 is 0. The van der Waals surface area contributed by atoms with Crippen molar-refractivity contribution in [1.29, 1.82) is 0 Å². The topological polar surface area (TPSA) is 68.7 Å². The van der Waals surface area contributed by atoms with Crippen molar-refractivity contribution in [3.05, 3.63) is 53.5 Å². The number of rotatable bonds is 2. The number of hydrogen-bond acceptors (Lipinski definition) is 5. The minimum atomic E-state index is -0.630. The normalized spacial score (nSPS) is 31.7. The van der Waals surface area contributed by atoms with E-state index in [1.807, 2.05) is 12.3 Å². The largest absolute Gasteiger partial charge is 0.374 e. The van der Waals surface area contributed by atoms with Gasteiger partial charge in [-0.2, -0.15) is 5.10 Å². The molecule has 8 heteroatoms. The van der Waals surface area contributed by atoms with E-state index in [2.05, 4.69) is 15.0 Å². The first-order valence-corrected chi connectivity index (χ1v) is 9.24. The first-order chi connectivity index (χ1) is 13.1. The van der Waals surface area contributed by atoms with Crippen LogP contribution in [0.3, 0.4) is 0 Å². The molecule has 2 aromatic rings. The Hall–Kier alpha value is -2.16. The Morgan fingerprint density at radius 2 is 2.11 bits per heavy atom. The van der Waals surface area contributed by atoms with E-state index >= 15 is 0 Å². The van der Waals surface area contributed by atoms with Gasteiger partial charge in [0.05, 0.1) is 18.4 Å². The third kappa shape index (κ3) is 2.88. The lowest BCUT2D eigenvalue weighted by Crippen LogP contribution is -2.53. The van der Waals surface area contributed by atoms with Crippen LogP contribution in [0.1, 0.15) is 24.1 Å². The van der Waals surface area contributed by atoms with Crippen LogP contribution in [-0.2, 0) is 17.8 Å². The molecular formula is C19H21F2N5O. The van der Waals surface area contributed by atoms with Gasteiger partial charge in [0, 0.05) is 55.5 Å². The van der Waals surface area contributed by atoms with Crippen molar-refractivity contribution in [1.82, 2.24) is 19.5 Å². The van der Waals surface area contributed by atoms with Crippen molar-refractivity contribution in [2.75, 3.05) is 6.61 Å². The summed E-state index contributed by atoms with van der Waals surface area (Å²) in [6.45, 7) is 1.92. The second-order valence-electron chi connectivity index (χ2n) is 7.55. The van der Waals surface area contributed by atoms with Crippen LogP contribution in [0.25, 0.3) is 5.65 Å². The summed E-state index contributed by atoms with van der Waals surface area (Å²) in [4.78, 5) is 6.71. The van der Waals surface area contributed by atoms with Crippen LogP contribution in [0, 0.1) is 5.92 Å². The summed E-state index contributed by atoms with van der Waals surface area (Å²) in [5.74, 6) is -1.31. The summed E-state index contributed by atoms with van der Waals surface area (Å²) < 4.78 is 35.5. The molecule has 2 aromatic heterocycles. The van der Waals surface area contributed by atoms with Crippen LogP contribution in [-0.4, -0.2) is 44.3 Å². The van der Waals surface area contributed by atoms with E-state index in [1.165, 1.54) is 12.2 Å². The lowest BCUT2D eigenvalue weighted by Gasteiger charge is -2.41. The molecule has 6 nitrogen and oxygen atoms in total. The monoisotopic (exact) mass is 373 g/mol. The standard InChI is InChI=1S/C19H21F2N5O/c20-11-2-3-15(21)13(6-11)18-16(22)7-12(10-27-18)25-8-14-17(9-25)24-26-5-1-4-23-19(14)26/h1-5,12-13,16,18H,6-10,22H2/t12?,13?,16?,18-/m1/s1. The van der Waals surface area contributed by atoms with Gasteiger partial charge >= 0.3 is 0 Å². The van der Waals surface area contributed by atoms with Gasteiger partial charge in [-0.05, 0) is 24.6 Å². The van der Waals surface area contributed by atoms with E-state index in [4.69, 9.17) is 10.5 Å². The molecule has 0 bridgehead atoms. The highest BCUT2D eigenvalue weighted by Crippen LogP contribution is 2.36. The third-order valence-corrected chi connectivity index (χ3v) is 5.84. The maximum atomic E-state index is 14.1. The number of halogens is 2. The van der Waals surface area contributed by atoms with Gasteiger partial charge in [0.2, 0.25) is 0 Å².